The number of nitrogens with zero attached hydrogens (tertiary/aromatic N) is 2. The van der Waals surface area contributed by atoms with Crippen LogP contribution in [0.3, 0.4) is 0 Å². The fourth-order valence-corrected chi connectivity index (χ4v) is 2.71. The summed E-state index contributed by atoms with van der Waals surface area (Å²) in [6.07, 6.45) is 2.33. The standard InChI is InChI=1S/C13H23N3O2S/c1-5-6-10-11(19-16-15-10)12(17)14-8-13(4,18)7-9(2)3/h9,18H,5-8H2,1-4H3,(H,14,17). The maximum atomic E-state index is 12.0. The van der Waals surface area contributed by atoms with Crippen molar-refractivity contribution in [1.29, 1.82) is 0 Å². The summed E-state index contributed by atoms with van der Waals surface area (Å²) >= 11 is 1.11. The second-order valence-corrected chi connectivity index (χ2v) is 6.33. The van der Waals surface area contributed by atoms with Crippen LogP contribution < -0.4 is 5.32 Å². The van der Waals surface area contributed by atoms with Crippen molar-refractivity contribution in [2.24, 2.45) is 5.92 Å². The first-order valence-electron chi connectivity index (χ1n) is 6.67. The van der Waals surface area contributed by atoms with Crippen LogP contribution in [0.15, 0.2) is 0 Å². The van der Waals surface area contributed by atoms with Crippen molar-refractivity contribution in [3.05, 3.63) is 10.6 Å². The Morgan fingerprint density at radius 1 is 1.53 bits per heavy atom. The van der Waals surface area contributed by atoms with Gasteiger partial charge in [-0.15, -0.1) is 5.10 Å². The number of amides is 1. The highest BCUT2D eigenvalue weighted by molar-refractivity contribution is 7.08. The lowest BCUT2D eigenvalue weighted by atomic mass is 9.94. The zero-order valence-corrected chi connectivity index (χ0v) is 12.9. The van der Waals surface area contributed by atoms with Gasteiger partial charge in [-0.05, 0) is 37.2 Å². The Kier molecular flexibility index (Phi) is 5.87. The number of aryl methyl sites for hydroxylation is 1. The third-order valence-corrected chi connectivity index (χ3v) is 3.49. The molecule has 0 saturated heterocycles. The van der Waals surface area contributed by atoms with Crippen LogP contribution in [0.1, 0.15) is 55.9 Å². The van der Waals surface area contributed by atoms with Gasteiger partial charge in [0.25, 0.3) is 5.91 Å². The molecule has 0 saturated carbocycles. The Labute approximate surface area is 118 Å². The Hall–Kier alpha value is -1.01. The van der Waals surface area contributed by atoms with Crippen molar-refractivity contribution in [1.82, 2.24) is 14.9 Å². The second-order valence-electron chi connectivity index (χ2n) is 5.58. The fraction of sp³-hybridized carbons (Fsp3) is 0.769. The Morgan fingerprint density at radius 3 is 2.79 bits per heavy atom. The monoisotopic (exact) mass is 285 g/mol. The lowest BCUT2D eigenvalue weighted by Gasteiger charge is -2.25. The van der Waals surface area contributed by atoms with Crippen molar-refractivity contribution >= 4 is 17.4 Å². The molecule has 0 bridgehead atoms. The van der Waals surface area contributed by atoms with Crippen LogP contribution in [0.4, 0.5) is 0 Å². The molecule has 0 aliphatic rings. The van der Waals surface area contributed by atoms with Crippen LogP contribution in [-0.2, 0) is 6.42 Å². The summed E-state index contributed by atoms with van der Waals surface area (Å²) in [7, 11) is 0. The average Bonchev–Trinajstić information content (AvgIpc) is 2.73. The first-order valence-corrected chi connectivity index (χ1v) is 7.45. The van der Waals surface area contributed by atoms with E-state index >= 15 is 0 Å². The van der Waals surface area contributed by atoms with Gasteiger partial charge in [0.2, 0.25) is 0 Å². The zero-order valence-electron chi connectivity index (χ0n) is 12.1. The summed E-state index contributed by atoms with van der Waals surface area (Å²) in [5, 5.41) is 16.9. The van der Waals surface area contributed by atoms with Gasteiger partial charge in [-0.25, -0.2) is 0 Å². The molecule has 6 heteroatoms. The number of rotatable bonds is 7. The SMILES string of the molecule is CCCc1nnsc1C(=O)NCC(C)(O)CC(C)C. The summed E-state index contributed by atoms with van der Waals surface area (Å²) in [4.78, 5) is 12.6. The minimum atomic E-state index is -0.882. The van der Waals surface area contributed by atoms with Crippen LogP contribution in [0, 0.1) is 5.92 Å². The molecular formula is C13H23N3O2S. The third-order valence-electron chi connectivity index (χ3n) is 2.73. The van der Waals surface area contributed by atoms with E-state index in [9.17, 15) is 9.90 Å². The van der Waals surface area contributed by atoms with Crippen LogP contribution in [0.5, 0.6) is 0 Å². The lowest BCUT2D eigenvalue weighted by molar-refractivity contribution is 0.0369. The molecule has 0 radical (unpaired) electrons. The molecule has 1 atom stereocenters. The van der Waals surface area contributed by atoms with Gasteiger partial charge >= 0.3 is 0 Å². The highest BCUT2D eigenvalue weighted by Crippen LogP contribution is 2.16. The summed E-state index contributed by atoms with van der Waals surface area (Å²) in [6.45, 7) is 8.11. The Bertz CT molecular complexity index is 416. The van der Waals surface area contributed by atoms with E-state index in [1.807, 2.05) is 20.8 Å². The van der Waals surface area contributed by atoms with E-state index in [1.165, 1.54) is 0 Å². The normalized spacial score (nSPS) is 14.4. The Balaban J connectivity index is 2.57. The minimum Gasteiger partial charge on any atom is -0.388 e. The van der Waals surface area contributed by atoms with Crippen LogP contribution in [0.25, 0.3) is 0 Å². The first-order chi connectivity index (χ1) is 8.85. The van der Waals surface area contributed by atoms with Gasteiger partial charge in [0.1, 0.15) is 4.88 Å². The molecule has 1 unspecified atom stereocenters. The van der Waals surface area contributed by atoms with Crippen molar-refractivity contribution in [3.63, 3.8) is 0 Å². The van der Waals surface area contributed by atoms with E-state index in [4.69, 9.17) is 0 Å². The number of hydrogen-bond acceptors (Lipinski definition) is 5. The molecule has 0 fully saturated rings. The van der Waals surface area contributed by atoms with Gasteiger partial charge in [0, 0.05) is 6.54 Å². The van der Waals surface area contributed by atoms with Crippen molar-refractivity contribution in [2.75, 3.05) is 6.54 Å². The van der Waals surface area contributed by atoms with Crippen LogP contribution >= 0.6 is 11.5 Å². The van der Waals surface area contributed by atoms with Gasteiger partial charge in [-0.2, -0.15) is 0 Å². The number of nitrogens with one attached hydrogen (secondary N) is 1. The van der Waals surface area contributed by atoms with Gasteiger partial charge in [0.15, 0.2) is 0 Å². The number of aliphatic hydroxyl groups is 1. The van der Waals surface area contributed by atoms with Gasteiger partial charge in [0.05, 0.1) is 11.3 Å². The predicted molar refractivity (Wildman–Crippen MR) is 76.3 cm³/mol. The lowest BCUT2D eigenvalue weighted by Crippen LogP contribution is -2.41. The van der Waals surface area contributed by atoms with Crippen LogP contribution in [-0.4, -0.2) is 32.7 Å². The summed E-state index contributed by atoms with van der Waals surface area (Å²) in [6, 6.07) is 0. The second kappa shape index (κ2) is 6.96. The summed E-state index contributed by atoms with van der Waals surface area (Å²) < 4.78 is 3.82. The number of carbonyl (C=O) groups excluding carboxylic acids is 1. The van der Waals surface area contributed by atoms with E-state index in [0.717, 1.165) is 30.1 Å². The van der Waals surface area contributed by atoms with E-state index in [-0.39, 0.29) is 12.5 Å². The average molecular weight is 285 g/mol. The van der Waals surface area contributed by atoms with Crippen molar-refractivity contribution in [2.45, 2.75) is 52.6 Å². The minimum absolute atomic E-state index is 0.192. The number of aromatic nitrogens is 2. The number of carbonyl (C=O) groups is 1. The molecule has 1 amide bonds. The van der Waals surface area contributed by atoms with Gasteiger partial charge in [-0.1, -0.05) is 31.7 Å². The molecule has 1 heterocycles. The fourth-order valence-electron chi connectivity index (χ4n) is 2.08. The predicted octanol–water partition coefficient (Wildman–Crippen LogP) is 2.02. The molecule has 0 aromatic carbocycles. The molecule has 5 nitrogen and oxygen atoms in total. The zero-order chi connectivity index (χ0) is 14.5. The maximum absolute atomic E-state index is 12.0. The largest absolute Gasteiger partial charge is 0.388 e. The van der Waals surface area contributed by atoms with Crippen molar-refractivity contribution < 1.29 is 9.90 Å². The molecule has 1 rings (SSSR count). The van der Waals surface area contributed by atoms with Gasteiger partial charge in [-0.3, -0.25) is 4.79 Å². The van der Waals surface area contributed by atoms with E-state index in [0.29, 0.717) is 17.2 Å². The molecule has 1 aromatic heterocycles. The smallest absolute Gasteiger partial charge is 0.265 e. The molecule has 108 valence electrons. The summed E-state index contributed by atoms with van der Waals surface area (Å²) in [5.41, 5.74) is -0.138. The molecule has 2 N–H and O–H groups in total. The quantitative estimate of drug-likeness (QED) is 0.803. The van der Waals surface area contributed by atoms with Crippen LogP contribution in [0.2, 0.25) is 0 Å². The first kappa shape index (κ1) is 16.0. The molecule has 1 aromatic rings. The molecule has 0 aliphatic carbocycles. The van der Waals surface area contributed by atoms with E-state index < -0.39 is 5.60 Å². The number of hydrogen-bond donors (Lipinski definition) is 2. The molecule has 0 aliphatic heterocycles. The molecule has 0 spiro atoms. The molecular weight excluding hydrogens is 262 g/mol. The maximum Gasteiger partial charge on any atom is 0.265 e. The molecule has 19 heavy (non-hydrogen) atoms. The third kappa shape index (κ3) is 5.24. The van der Waals surface area contributed by atoms with E-state index in [1.54, 1.807) is 6.92 Å². The van der Waals surface area contributed by atoms with E-state index in [2.05, 4.69) is 14.9 Å². The summed E-state index contributed by atoms with van der Waals surface area (Å²) in [5.74, 6) is 0.190. The van der Waals surface area contributed by atoms with Crippen molar-refractivity contribution in [3.8, 4) is 0 Å². The Morgan fingerprint density at radius 2 is 2.21 bits per heavy atom. The highest BCUT2D eigenvalue weighted by atomic mass is 32.1. The van der Waals surface area contributed by atoms with Gasteiger partial charge < -0.3 is 10.4 Å². The highest BCUT2D eigenvalue weighted by Gasteiger charge is 2.24. The topological polar surface area (TPSA) is 75.1 Å².